The van der Waals surface area contributed by atoms with Crippen molar-refractivity contribution < 1.29 is 9.53 Å². The van der Waals surface area contributed by atoms with Crippen molar-refractivity contribution in [2.75, 3.05) is 38.3 Å². The number of halogens is 1. The number of guanidine groups is 1. The van der Waals surface area contributed by atoms with E-state index in [1.54, 1.807) is 0 Å². The molecule has 2 aromatic rings. The lowest BCUT2D eigenvalue weighted by Gasteiger charge is -2.39. The summed E-state index contributed by atoms with van der Waals surface area (Å²) in [5.41, 5.74) is 4.92. The zero-order valence-electron chi connectivity index (χ0n) is 19.6. The molecule has 2 aliphatic heterocycles. The van der Waals surface area contributed by atoms with Crippen LogP contribution in [0, 0.1) is 6.92 Å². The summed E-state index contributed by atoms with van der Waals surface area (Å²) in [5, 5.41) is 7.00. The summed E-state index contributed by atoms with van der Waals surface area (Å²) < 4.78 is 5.68. The molecule has 0 saturated carbocycles. The van der Waals surface area contributed by atoms with E-state index in [2.05, 4.69) is 58.9 Å². The van der Waals surface area contributed by atoms with Gasteiger partial charge in [0, 0.05) is 57.4 Å². The third-order valence-corrected chi connectivity index (χ3v) is 6.77. The van der Waals surface area contributed by atoms with Crippen LogP contribution < -0.4 is 15.5 Å². The maximum absolute atomic E-state index is 11.9. The second kappa shape index (κ2) is 11.8. The summed E-state index contributed by atoms with van der Waals surface area (Å²) in [6, 6.07) is 16.9. The van der Waals surface area contributed by atoms with Crippen LogP contribution in [0.1, 0.15) is 42.4 Å². The lowest BCUT2D eigenvalue weighted by molar-refractivity contribution is -0.117. The molecule has 2 aromatic carbocycles. The van der Waals surface area contributed by atoms with Gasteiger partial charge in [-0.2, -0.15) is 0 Å². The largest absolute Gasteiger partial charge is 0.381 e. The number of benzene rings is 2. The van der Waals surface area contributed by atoms with E-state index in [0.717, 1.165) is 62.8 Å². The van der Waals surface area contributed by atoms with E-state index in [-0.39, 0.29) is 35.3 Å². The van der Waals surface area contributed by atoms with Crippen molar-refractivity contribution in [2.45, 2.75) is 44.6 Å². The van der Waals surface area contributed by atoms with E-state index < -0.39 is 0 Å². The van der Waals surface area contributed by atoms with Crippen molar-refractivity contribution in [1.29, 1.82) is 0 Å². The van der Waals surface area contributed by atoms with Gasteiger partial charge in [0.2, 0.25) is 5.91 Å². The third-order valence-electron chi connectivity index (χ3n) is 6.77. The lowest BCUT2D eigenvalue weighted by Crippen LogP contribution is -2.48. The molecule has 0 radical (unpaired) electrons. The number of aliphatic imine (C=N–C) groups is 1. The first kappa shape index (κ1) is 25.5. The van der Waals surface area contributed by atoms with Gasteiger partial charge in [0.05, 0.1) is 0 Å². The second-order valence-electron chi connectivity index (χ2n) is 8.80. The Kier molecular flexibility index (Phi) is 9.14. The number of nitrogens with one attached hydrogen (secondary N) is 2. The third kappa shape index (κ3) is 6.06. The average molecular weight is 562 g/mol. The highest BCUT2D eigenvalue weighted by Crippen LogP contribution is 2.36. The highest BCUT2D eigenvalue weighted by atomic mass is 127. The fourth-order valence-corrected chi connectivity index (χ4v) is 4.85. The van der Waals surface area contributed by atoms with Gasteiger partial charge in [0.15, 0.2) is 5.96 Å². The van der Waals surface area contributed by atoms with E-state index in [0.29, 0.717) is 13.0 Å². The first-order valence-corrected chi connectivity index (χ1v) is 11.6. The van der Waals surface area contributed by atoms with Crippen LogP contribution >= 0.6 is 24.0 Å². The van der Waals surface area contributed by atoms with Gasteiger partial charge >= 0.3 is 0 Å². The van der Waals surface area contributed by atoms with Gasteiger partial charge in [-0.3, -0.25) is 9.79 Å². The molecule has 1 amide bonds. The SMILES string of the molecule is CN=C(NCc1ccc(N2CCCC2=O)cc1)NCC1(c2ccccc2C)CCOCC1.I. The molecule has 0 aliphatic carbocycles. The van der Waals surface area contributed by atoms with E-state index >= 15 is 0 Å². The molecule has 6 nitrogen and oxygen atoms in total. The van der Waals surface area contributed by atoms with Gasteiger partial charge < -0.3 is 20.3 Å². The lowest BCUT2D eigenvalue weighted by atomic mass is 9.72. The van der Waals surface area contributed by atoms with Crippen LogP contribution in [0.25, 0.3) is 0 Å². The Morgan fingerprint density at radius 1 is 1.09 bits per heavy atom. The molecule has 2 saturated heterocycles. The second-order valence-corrected chi connectivity index (χ2v) is 8.80. The van der Waals surface area contributed by atoms with E-state index in [1.807, 2.05) is 24.1 Å². The number of amides is 1. The molecule has 0 unspecified atom stereocenters. The summed E-state index contributed by atoms with van der Waals surface area (Å²) >= 11 is 0. The quantitative estimate of drug-likeness (QED) is 0.316. The van der Waals surface area contributed by atoms with E-state index in [1.165, 1.54) is 11.1 Å². The summed E-state index contributed by atoms with van der Waals surface area (Å²) in [6.45, 7) is 6.08. The number of anilines is 1. The van der Waals surface area contributed by atoms with Gasteiger partial charge in [-0.1, -0.05) is 36.4 Å². The Bertz CT molecular complexity index is 955. The molecule has 0 spiro atoms. The van der Waals surface area contributed by atoms with Crippen molar-refractivity contribution in [3.8, 4) is 0 Å². The standard InChI is InChI=1S/C26H34N4O2.HI/c1-20-6-3-4-7-23(20)26(13-16-32-17-14-26)19-29-25(27-2)28-18-21-9-11-22(12-10-21)30-15-5-8-24(30)31;/h3-4,6-7,9-12H,5,8,13-19H2,1-2H3,(H2,27,28,29);1H. The Morgan fingerprint density at radius 3 is 2.45 bits per heavy atom. The van der Waals surface area contributed by atoms with Gasteiger partial charge in [-0.05, 0) is 55.0 Å². The first-order chi connectivity index (χ1) is 15.6. The number of hydrogen-bond acceptors (Lipinski definition) is 3. The van der Waals surface area contributed by atoms with Gasteiger partial charge in [-0.15, -0.1) is 24.0 Å². The minimum atomic E-state index is 0. The topological polar surface area (TPSA) is 66.0 Å². The number of aryl methyl sites for hydroxylation is 1. The molecule has 33 heavy (non-hydrogen) atoms. The summed E-state index contributed by atoms with van der Waals surface area (Å²) in [6.07, 6.45) is 3.60. The first-order valence-electron chi connectivity index (χ1n) is 11.6. The molecule has 0 bridgehead atoms. The van der Waals surface area contributed by atoms with Crippen LogP contribution in [-0.2, 0) is 21.5 Å². The minimum absolute atomic E-state index is 0. The van der Waals surface area contributed by atoms with Crippen LogP contribution in [-0.4, -0.2) is 45.2 Å². The van der Waals surface area contributed by atoms with E-state index in [9.17, 15) is 4.79 Å². The molecular formula is C26H35IN4O2. The molecule has 2 aliphatic rings. The monoisotopic (exact) mass is 562 g/mol. The van der Waals surface area contributed by atoms with Crippen molar-refractivity contribution in [2.24, 2.45) is 4.99 Å². The number of hydrogen-bond donors (Lipinski definition) is 2. The highest BCUT2D eigenvalue weighted by molar-refractivity contribution is 14.0. The molecule has 178 valence electrons. The van der Waals surface area contributed by atoms with Crippen LogP contribution in [0.3, 0.4) is 0 Å². The van der Waals surface area contributed by atoms with Crippen molar-refractivity contribution in [3.63, 3.8) is 0 Å². The van der Waals surface area contributed by atoms with Crippen LogP contribution in [0.4, 0.5) is 5.69 Å². The van der Waals surface area contributed by atoms with Crippen molar-refractivity contribution in [3.05, 3.63) is 65.2 Å². The van der Waals surface area contributed by atoms with E-state index in [4.69, 9.17) is 4.74 Å². The Hall–Kier alpha value is -2.13. The van der Waals surface area contributed by atoms with Gasteiger partial charge in [0.1, 0.15) is 0 Å². The zero-order chi connectivity index (χ0) is 22.4. The normalized spacial score (nSPS) is 18.1. The minimum Gasteiger partial charge on any atom is -0.381 e. The molecule has 0 aromatic heterocycles. The van der Waals surface area contributed by atoms with Crippen LogP contribution in [0.5, 0.6) is 0 Å². The van der Waals surface area contributed by atoms with Crippen molar-refractivity contribution >= 4 is 41.5 Å². The summed E-state index contributed by atoms with van der Waals surface area (Å²) in [4.78, 5) is 18.3. The number of nitrogens with zero attached hydrogens (tertiary/aromatic N) is 2. The van der Waals surface area contributed by atoms with Crippen LogP contribution in [0.2, 0.25) is 0 Å². The van der Waals surface area contributed by atoms with Crippen LogP contribution in [0.15, 0.2) is 53.5 Å². The molecular weight excluding hydrogens is 527 g/mol. The molecule has 2 N–H and O–H groups in total. The molecule has 4 rings (SSSR count). The maximum Gasteiger partial charge on any atom is 0.227 e. The average Bonchev–Trinajstić information content (AvgIpc) is 3.26. The number of carbonyl (C=O) groups is 1. The zero-order valence-corrected chi connectivity index (χ0v) is 21.9. The Balaban J connectivity index is 0.00000306. The molecule has 2 fully saturated rings. The predicted molar refractivity (Wildman–Crippen MR) is 145 cm³/mol. The molecule has 2 heterocycles. The Labute approximate surface area is 214 Å². The number of ether oxygens (including phenoxy) is 1. The maximum atomic E-state index is 11.9. The molecule has 0 atom stereocenters. The summed E-state index contributed by atoms with van der Waals surface area (Å²) in [7, 11) is 1.81. The van der Waals surface area contributed by atoms with Gasteiger partial charge in [-0.25, -0.2) is 0 Å². The number of rotatable bonds is 6. The predicted octanol–water partition coefficient (Wildman–Crippen LogP) is 4.15. The fraction of sp³-hybridized carbons (Fsp3) is 0.462. The van der Waals surface area contributed by atoms with Gasteiger partial charge in [0.25, 0.3) is 0 Å². The Morgan fingerprint density at radius 2 is 1.82 bits per heavy atom. The van der Waals surface area contributed by atoms with Crippen molar-refractivity contribution in [1.82, 2.24) is 10.6 Å². The molecule has 7 heteroatoms. The summed E-state index contributed by atoms with van der Waals surface area (Å²) in [5.74, 6) is 1.01. The number of carbonyl (C=O) groups excluding carboxylic acids is 1. The fourth-order valence-electron chi connectivity index (χ4n) is 4.85. The highest BCUT2D eigenvalue weighted by Gasteiger charge is 2.35. The smallest absolute Gasteiger partial charge is 0.227 e.